The van der Waals surface area contributed by atoms with Crippen LogP contribution in [0.15, 0.2) is 46.8 Å². The molecule has 1 aliphatic rings. The highest BCUT2D eigenvalue weighted by atomic mass is 32.1. The van der Waals surface area contributed by atoms with Crippen molar-refractivity contribution in [1.29, 1.82) is 0 Å². The summed E-state index contributed by atoms with van der Waals surface area (Å²) in [7, 11) is 0. The van der Waals surface area contributed by atoms with Gasteiger partial charge in [0.1, 0.15) is 5.82 Å². The minimum atomic E-state index is -0.231. The highest BCUT2D eigenvalue weighted by Gasteiger charge is 2.23. The minimum absolute atomic E-state index is 0.231. The van der Waals surface area contributed by atoms with Crippen LogP contribution in [0.25, 0.3) is 0 Å². The van der Waals surface area contributed by atoms with E-state index in [4.69, 9.17) is 4.74 Å². The first-order chi connectivity index (χ1) is 13.3. The first kappa shape index (κ1) is 19.8. The maximum Gasteiger partial charge on any atom is 0.191 e. The van der Waals surface area contributed by atoms with E-state index in [2.05, 4.69) is 38.0 Å². The van der Waals surface area contributed by atoms with Crippen LogP contribution in [0.4, 0.5) is 4.39 Å². The van der Waals surface area contributed by atoms with Gasteiger partial charge in [-0.2, -0.15) is 0 Å². The zero-order valence-electron chi connectivity index (χ0n) is 15.7. The van der Waals surface area contributed by atoms with Crippen LogP contribution in [-0.4, -0.2) is 50.3 Å². The minimum Gasteiger partial charge on any atom is -0.379 e. The van der Waals surface area contributed by atoms with Crippen LogP contribution < -0.4 is 10.6 Å². The Hall–Kier alpha value is -1.96. The third-order valence-electron chi connectivity index (χ3n) is 4.47. The van der Waals surface area contributed by atoms with Gasteiger partial charge in [-0.25, -0.2) is 9.38 Å². The van der Waals surface area contributed by atoms with Crippen LogP contribution in [0.3, 0.4) is 0 Å². The fraction of sp³-hybridized carbons (Fsp3) is 0.450. The zero-order valence-corrected chi connectivity index (χ0v) is 16.5. The number of morpholine rings is 1. The lowest BCUT2D eigenvalue weighted by Crippen LogP contribution is -2.46. The van der Waals surface area contributed by atoms with Crippen molar-refractivity contribution in [2.24, 2.45) is 4.99 Å². The average molecular weight is 391 g/mol. The van der Waals surface area contributed by atoms with E-state index < -0.39 is 0 Å². The maximum atomic E-state index is 13.4. The monoisotopic (exact) mass is 390 g/mol. The van der Waals surface area contributed by atoms with E-state index >= 15 is 0 Å². The van der Waals surface area contributed by atoms with Gasteiger partial charge in [0.15, 0.2) is 5.96 Å². The van der Waals surface area contributed by atoms with Crippen LogP contribution >= 0.6 is 11.3 Å². The Labute approximate surface area is 164 Å². The van der Waals surface area contributed by atoms with Gasteiger partial charge in [0.05, 0.1) is 25.8 Å². The fourth-order valence-corrected chi connectivity index (χ4v) is 3.98. The van der Waals surface area contributed by atoms with E-state index in [0.29, 0.717) is 6.54 Å². The third-order valence-corrected chi connectivity index (χ3v) is 5.45. The van der Waals surface area contributed by atoms with Gasteiger partial charge in [0.2, 0.25) is 0 Å². The summed E-state index contributed by atoms with van der Waals surface area (Å²) >= 11 is 1.78. The van der Waals surface area contributed by atoms with Crippen LogP contribution in [0.2, 0.25) is 0 Å². The highest BCUT2D eigenvalue weighted by molar-refractivity contribution is 7.10. The van der Waals surface area contributed by atoms with Crippen molar-refractivity contribution in [2.45, 2.75) is 19.5 Å². The lowest BCUT2D eigenvalue weighted by Gasteiger charge is -2.34. The molecule has 2 aromatic rings. The molecule has 2 heterocycles. The molecule has 1 aromatic heterocycles. The van der Waals surface area contributed by atoms with Crippen molar-refractivity contribution >= 4 is 17.3 Å². The summed E-state index contributed by atoms with van der Waals surface area (Å²) in [6.45, 7) is 7.42. The van der Waals surface area contributed by atoms with Crippen molar-refractivity contribution < 1.29 is 9.13 Å². The summed E-state index contributed by atoms with van der Waals surface area (Å²) in [4.78, 5) is 8.41. The molecule has 7 heteroatoms. The normalized spacial score (nSPS) is 16.9. The van der Waals surface area contributed by atoms with E-state index in [9.17, 15) is 4.39 Å². The number of rotatable bonds is 7. The lowest BCUT2D eigenvalue weighted by molar-refractivity contribution is 0.0177. The number of benzene rings is 1. The van der Waals surface area contributed by atoms with Crippen molar-refractivity contribution in [2.75, 3.05) is 39.4 Å². The largest absolute Gasteiger partial charge is 0.379 e. The lowest BCUT2D eigenvalue weighted by atomic mass is 10.2. The quantitative estimate of drug-likeness (QED) is 0.564. The molecule has 0 saturated carbocycles. The maximum absolute atomic E-state index is 13.4. The van der Waals surface area contributed by atoms with E-state index in [1.54, 1.807) is 17.4 Å². The topological polar surface area (TPSA) is 48.9 Å². The Bertz CT molecular complexity index is 717. The number of nitrogens with zero attached hydrogens (tertiary/aromatic N) is 2. The number of hydrogen-bond donors (Lipinski definition) is 2. The van der Waals surface area contributed by atoms with Gasteiger partial charge in [-0.05, 0) is 36.1 Å². The van der Waals surface area contributed by atoms with Crippen LogP contribution in [0.5, 0.6) is 0 Å². The summed E-state index contributed by atoms with van der Waals surface area (Å²) < 4.78 is 18.9. The number of nitrogens with one attached hydrogen (secondary N) is 2. The second-order valence-electron chi connectivity index (χ2n) is 6.39. The number of guanidine groups is 1. The van der Waals surface area contributed by atoms with E-state index in [1.807, 2.05) is 13.0 Å². The molecule has 1 atom stereocenters. The first-order valence-corrected chi connectivity index (χ1v) is 10.3. The molecule has 0 spiro atoms. The van der Waals surface area contributed by atoms with Crippen LogP contribution in [-0.2, 0) is 11.3 Å². The SMILES string of the molecule is CCNC(=NCc1cccc(F)c1)NCC(c1cccs1)N1CCOCC1. The molecule has 146 valence electrons. The molecule has 0 radical (unpaired) electrons. The molecule has 0 bridgehead atoms. The summed E-state index contributed by atoms with van der Waals surface area (Å²) in [6, 6.07) is 11.1. The smallest absolute Gasteiger partial charge is 0.191 e. The number of thiophene rings is 1. The Kier molecular flexibility index (Phi) is 7.62. The second-order valence-corrected chi connectivity index (χ2v) is 7.36. The van der Waals surface area contributed by atoms with Gasteiger partial charge in [-0.1, -0.05) is 18.2 Å². The molecular weight excluding hydrogens is 363 g/mol. The zero-order chi connectivity index (χ0) is 18.9. The summed E-state index contributed by atoms with van der Waals surface area (Å²) in [5.41, 5.74) is 0.857. The van der Waals surface area contributed by atoms with Gasteiger partial charge < -0.3 is 15.4 Å². The second kappa shape index (κ2) is 10.4. The molecule has 1 unspecified atom stereocenters. The standard InChI is InChI=1S/C20H27FN4OS/c1-2-22-20(23-14-16-5-3-6-17(21)13-16)24-15-18(19-7-4-12-27-19)25-8-10-26-11-9-25/h3-7,12-13,18H,2,8-11,14-15H2,1H3,(H2,22,23,24). The molecule has 1 fully saturated rings. The van der Waals surface area contributed by atoms with Crippen molar-refractivity contribution in [3.63, 3.8) is 0 Å². The molecule has 1 aliphatic heterocycles. The number of halogens is 1. The van der Waals surface area contributed by atoms with Gasteiger partial charge >= 0.3 is 0 Å². The molecule has 5 nitrogen and oxygen atoms in total. The molecule has 3 rings (SSSR count). The Morgan fingerprint density at radius 2 is 2.11 bits per heavy atom. The molecular formula is C20H27FN4OS. The molecule has 0 amide bonds. The van der Waals surface area contributed by atoms with Gasteiger partial charge in [-0.15, -0.1) is 11.3 Å². The Balaban J connectivity index is 1.65. The van der Waals surface area contributed by atoms with E-state index in [-0.39, 0.29) is 11.9 Å². The first-order valence-electron chi connectivity index (χ1n) is 9.38. The van der Waals surface area contributed by atoms with Crippen LogP contribution in [0, 0.1) is 5.82 Å². The third kappa shape index (κ3) is 6.02. The molecule has 2 N–H and O–H groups in total. The number of hydrogen-bond acceptors (Lipinski definition) is 4. The average Bonchev–Trinajstić information content (AvgIpc) is 3.21. The van der Waals surface area contributed by atoms with Crippen molar-refractivity contribution in [3.8, 4) is 0 Å². The fourth-order valence-electron chi connectivity index (χ4n) is 3.12. The molecule has 27 heavy (non-hydrogen) atoms. The Morgan fingerprint density at radius 3 is 2.81 bits per heavy atom. The van der Waals surface area contributed by atoms with E-state index in [1.165, 1.54) is 17.0 Å². The number of ether oxygens (including phenoxy) is 1. The van der Waals surface area contributed by atoms with E-state index in [0.717, 1.165) is 50.9 Å². The summed E-state index contributed by atoms with van der Waals surface area (Å²) in [6.07, 6.45) is 0. The molecule has 1 aromatic carbocycles. The predicted molar refractivity (Wildman–Crippen MR) is 109 cm³/mol. The van der Waals surface area contributed by atoms with Crippen molar-refractivity contribution in [1.82, 2.24) is 15.5 Å². The Morgan fingerprint density at radius 1 is 1.26 bits per heavy atom. The van der Waals surface area contributed by atoms with Gasteiger partial charge in [-0.3, -0.25) is 4.90 Å². The highest BCUT2D eigenvalue weighted by Crippen LogP contribution is 2.25. The van der Waals surface area contributed by atoms with Gasteiger partial charge in [0, 0.05) is 31.1 Å². The summed E-state index contributed by atoms with van der Waals surface area (Å²) in [5.74, 6) is 0.516. The number of aliphatic imine (C=N–C) groups is 1. The molecule has 1 saturated heterocycles. The van der Waals surface area contributed by atoms with Gasteiger partial charge in [0.25, 0.3) is 0 Å². The molecule has 0 aliphatic carbocycles. The summed E-state index contributed by atoms with van der Waals surface area (Å²) in [5, 5.41) is 8.85. The predicted octanol–water partition coefficient (Wildman–Crippen LogP) is 3.02. The van der Waals surface area contributed by atoms with Crippen LogP contribution in [0.1, 0.15) is 23.4 Å². The van der Waals surface area contributed by atoms with Crippen molar-refractivity contribution in [3.05, 3.63) is 58.0 Å².